The maximum absolute atomic E-state index is 4.76. The first-order chi connectivity index (χ1) is 5.92. The lowest BCUT2D eigenvalue weighted by molar-refractivity contribution is 0.213. The quantitative estimate of drug-likeness (QED) is 0.574. The van der Waals surface area contributed by atoms with Gasteiger partial charge in [0.2, 0.25) is 0 Å². The van der Waals surface area contributed by atoms with Gasteiger partial charge in [0, 0.05) is 5.56 Å². The van der Waals surface area contributed by atoms with Crippen molar-refractivity contribution in [3.05, 3.63) is 35.4 Å². The molecule has 0 fully saturated rings. The Hall–Kier alpha value is -1.31. The summed E-state index contributed by atoms with van der Waals surface area (Å²) in [6.45, 7) is 0. The third kappa shape index (κ3) is 1.09. The average Bonchev–Trinajstić information content (AvgIpc) is 2.50. The van der Waals surface area contributed by atoms with Gasteiger partial charge in [0.1, 0.15) is 7.11 Å². The van der Waals surface area contributed by atoms with Crippen molar-refractivity contribution in [1.82, 2.24) is 0 Å². The fourth-order valence-electron chi connectivity index (χ4n) is 1.55. The molecule has 0 aromatic heterocycles. The van der Waals surface area contributed by atoms with Crippen LogP contribution in [0.25, 0.3) is 0 Å². The van der Waals surface area contributed by atoms with Crippen LogP contribution >= 0.6 is 0 Å². The van der Waals surface area contributed by atoms with Crippen LogP contribution in [0.15, 0.2) is 23.4 Å². The summed E-state index contributed by atoms with van der Waals surface area (Å²) in [5, 5.41) is 3.97. The second kappa shape index (κ2) is 2.97. The normalized spacial score (nSPS) is 17.9. The Morgan fingerprint density at radius 1 is 1.50 bits per heavy atom. The lowest BCUT2D eigenvalue weighted by Gasteiger charge is -1.96. The number of aryl methyl sites for hydroxylation is 1. The van der Waals surface area contributed by atoms with Crippen LogP contribution in [0.3, 0.4) is 0 Å². The van der Waals surface area contributed by atoms with Gasteiger partial charge in [-0.2, -0.15) is 0 Å². The molecule has 0 spiro atoms. The maximum Gasteiger partial charge on any atom is 0.106 e. The molecule has 2 rings (SSSR count). The summed E-state index contributed by atoms with van der Waals surface area (Å²) in [5.74, 6) is 0. The summed E-state index contributed by atoms with van der Waals surface area (Å²) in [6, 6.07) is 9.03. The third-order valence-corrected chi connectivity index (χ3v) is 2.09. The van der Waals surface area contributed by atoms with Gasteiger partial charge in [0.25, 0.3) is 0 Å². The van der Waals surface area contributed by atoms with Crippen molar-refractivity contribution >= 4 is 5.71 Å². The molecule has 0 saturated carbocycles. The zero-order valence-corrected chi connectivity index (χ0v) is 7.00. The summed E-state index contributed by atoms with van der Waals surface area (Å²) in [5.41, 5.74) is 3.60. The SMILES string of the molecule is CON=C1CCc2c[c]ccc21. The summed E-state index contributed by atoms with van der Waals surface area (Å²) >= 11 is 0. The number of fused-ring (bicyclic) bond motifs is 1. The van der Waals surface area contributed by atoms with Crippen LogP contribution in [0.5, 0.6) is 0 Å². The molecule has 0 heterocycles. The Morgan fingerprint density at radius 3 is 3.25 bits per heavy atom. The van der Waals surface area contributed by atoms with Crippen LogP contribution in [-0.4, -0.2) is 12.8 Å². The molecule has 1 aromatic carbocycles. The fourth-order valence-corrected chi connectivity index (χ4v) is 1.55. The van der Waals surface area contributed by atoms with Crippen molar-refractivity contribution in [3.8, 4) is 0 Å². The smallest absolute Gasteiger partial charge is 0.106 e. The topological polar surface area (TPSA) is 21.6 Å². The molecule has 1 aliphatic rings. The number of hydrogen-bond donors (Lipinski definition) is 0. The van der Waals surface area contributed by atoms with Crippen LogP contribution in [0.4, 0.5) is 0 Å². The molecule has 0 N–H and O–H groups in total. The average molecular weight is 160 g/mol. The van der Waals surface area contributed by atoms with E-state index in [1.807, 2.05) is 18.2 Å². The third-order valence-electron chi connectivity index (χ3n) is 2.09. The van der Waals surface area contributed by atoms with Crippen molar-refractivity contribution < 1.29 is 4.84 Å². The molecule has 0 amide bonds. The molecular weight excluding hydrogens is 150 g/mol. The van der Waals surface area contributed by atoms with E-state index in [1.54, 1.807) is 7.11 Å². The number of nitrogens with zero attached hydrogens (tertiary/aromatic N) is 1. The zero-order chi connectivity index (χ0) is 8.39. The number of hydrogen-bond acceptors (Lipinski definition) is 2. The summed E-state index contributed by atoms with van der Waals surface area (Å²) < 4.78 is 0. The Balaban J connectivity index is 2.43. The van der Waals surface area contributed by atoms with Gasteiger partial charge >= 0.3 is 0 Å². The lowest BCUT2D eigenvalue weighted by atomic mass is 10.1. The molecule has 1 radical (unpaired) electrons. The van der Waals surface area contributed by atoms with Crippen LogP contribution in [0, 0.1) is 6.07 Å². The van der Waals surface area contributed by atoms with Gasteiger partial charge in [-0.05, 0) is 24.5 Å². The van der Waals surface area contributed by atoms with Gasteiger partial charge in [-0.25, -0.2) is 0 Å². The minimum Gasteiger partial charge on any atom is -0.399 e. The summed E-state index contributed by atoms with van der Waals surface area (Å²) in [4.78, 5) is 4.76. The molecule has 2 heteroatoms. The minimum absolute atomic E-state index is 0.987. The Labute approximate surface area is 71.8 Å². The minimum atomic E-state index is 0.987. The lowest BCUT2D eigenvalue weighted by Crippen LogP contribution is -1.94. The Kier molecular flexibility index (Phi) is 1.82. The monoisotopic (exact) mass is 160 g/mol. The molecule has 0 aliphatic heterocycles. The molecule has 61 valence electrons. The van der Waals surface area contributed by atoms with Crippen molar-refractivity contribution in [2.45, 2.75) is 12.8 Å². The first-order valence-electron chi connectivity index (χ1n) is 4.01. The van der Waals surface area contributed by atoms with Crippen molar-refractivity contribution in [2.75, 3.05) is 7.11 Å². The van der Waals surface area contributed by atoms with Crippen LogP contribution in [0.1, 0.15) is 17.5 Å². The molecular formula is C10H10NO. The van der Waals surface area contributed by atoms with Gasteiger partial charge in [0.05, 0.1) is 5.71 Å². The van der Waals surface area contributed by atoms with Gasteiger partial charge in [-0.1, -0.05) is 23.4 Å². The maximum atomic E-state index is 4.76. The standard InChI is InChI=1S/C10H10NO/c1-12-11-10-7-6-8-4-2-3-5-9(8)10/h3-5H,6-7H2,1H3. The van der Waals surface area contributed by atoms with Gasteiger partial charge in [0.15, 0.2) is 0 Å². The number of oxime groups is 1. The number of benzene rings is 1. The van der Waals surface area contributed by atoms with E-state index in [0.717, 1.165) is 18.6 Å². The second-order valence-electron chi connectivity index (χ2n) is 2.80. The van der Waals surface area contributed by atoms with Crippen LogP contribution in [0.2, 0.25) is 0 Å². The van der Waals surface area contributed by atoms with E-state index in [0.29, 0.717) is 0 Å². The zero-order valence-electron chi connectivity index (χ0n) is 7.00. The second-order valence-corrected chi connectivity index (χ2v) is 2.80. The van der Waals surface area contributed by atoms with Crippen molar-refractivity contribution in [2.24, 2.45) is 5.16 Å². The van der Waals surface area contributed by atoms with E-state index in [-0.39, 0.29) is 0 Å². The van der Waals surface area contributed by atoms with Gasteiger partial charge in [-0.3, -0.25) is 0 Å². The number of rotatable bonds is 1. The van der Waals surface area contributed by atoms with E-state index in [9.17, 15) is 0 Å². The Morgan fingerprint density at radius 2 is 2.42 bits per heavy atom. The van der Waals surface area contributed by atoms with E-state index in [2.05, 4.69) is 11.2 Å². The molecule has 0 saturated heterocycles. The van der Waals surface area contributed by atoms with Gasteiger partial charge < -0.3 is 4.84 Å². The molecule has 2 nitrogen and oxygen atoms in total. The molecule has 1 aliphatic carbocycles. The summed E-state index contributed by atoms with van der Waals surface area (Å²) in [7, 11) is 1.58. The summed E-state index contributed by atoms with van der Waals surface area (Å²) in [6.07, 6.45) is 2.05. The predicted octanol–water partition coefficient (Wildman–Crippen LogP) is 1.78. The van der Waals surface area contributed by atoms with E-state index >= 15 is 0 Å². The molecule has 0 unspecified atom stereocenters. The largest absolute Gasteiger partial charge is 0.399 e. The first-order valence-corrected chi connectivity index (χ1v) is 4.01. The van der Waals surface area contributed by atoms with Crippen molar-refractivity contribution in [3.63, 3.8) is 0 Å². The highest BCUT2D eigenvalue weighted by molar-refractivity contribution is 6.04. The van der Waals surface area contributed by atoms with E-state index in [1.165, 1.54) is 11.1 Å². The van der Waals surface area contributed by atoms with Gasteiger partial charge in [-0.15, -0.1) is 0 Å². The fraction of sp³-hybridized carbons (Fsp3) is 0.300. The predicted molar refractivity (Wildman–Crippen MR) is 47.1 cm³/mol. The molecule has 0 bridgehead atoms. The molecule has 12 heavy (non-hydrogen) atoms. The van der Waals surface area contributed by atoms with Crippen molar-refractivity contribution in [1.29, 1.82) is 0 Å². The Bertz CT molecular complexity index is 317. The highest BCUT2D eigenvalue weighted by Crippen LogP contribution is 2.21. The van der Waals surface area contributed by atoms with Crippen LogP contribution < -0.4 is 0 Å². The van der Waals surface area contributed by atoms with E-state index < -0.39 is 0 Å². The highest BCUT2D eigenvalue weighted by atomic mass is 16.6. The molecule has 0 atom stereocenters. The molecule has 1 aromatic rings. The highest BCUT2D eigenvalue weighted by Gasteiger charge is 2.16. The van der Waals surface area contributed by atoms with E-state index in [4.69, 9.17) is 4.84 Å². The first kappa shape index (κ1) is 7.35. The van der Waals surface area contributed by atoms with Crippen LogP contribution in [-0.2, 0) is 11.3 Å².